The van der Waals surface area contributed by atoms with Gasteiger partial charge in [-0.1, -0.05) is 18.9 Å². The maximum absolute atomic E-state index is 14.0. The van der Waals surface area contributed by atoms with E-state index in [1.807, 2.05) is 6.07 Å². The molecular formula is C17H24FNO. The van der Waals surface area contributed by atoms with Gasteiger partial charge >= 0.3 is 0 Å². The van der Waals surface area contributed by atoms with Crippen LogP contribution in [0.25, 0.3) is 0 Å². The van der Waals surface area contributed by atoms with Gasteiger partial charge in [0.15, 0.2) is 0 Å². The molecule has 1 aromatic carbocycles. The summed E-state index contributed by atoms with van der Waals surface area (Å²) in [6.45, 7) is 3.62. The average molecular weight is 277 g/mol. The lowest BCUT2D eigenvalue weighted by atomic mass is 9.77. The molecule has 1 atom stereocenters. The fourth-order valence-electron chi connectivity index (χ4n) is 4.06. The van der Waals surface area contributed by atoms with Crippen LogP contribution in [0, 0.1) is 11.2 Å². The van der Waals surface area contributed by atoms with Crippen LogP contribution in [0.3, 0.4) is 0 Å². The van der Waals surface area contributed by atoms with Crippen LogP contribution in [0.15, 0.2) is 18.2 Å². The van der Waals surface area contributed by atoms with Crippen molar-refractivity contribution in [3.05, 3.63) is 29.6 Å². The van der Waals surface area contributed by atoms with E-state index >= 15 is 0 Å². The van der Waals surface area contributed by atoms with Crippen molar-refractivity contribution in [1.29, 1.82) is 0 Å². The normalized spacial score (nSPS) is 23.2. The zero-order valence-corrected chi connectivity index (χ0v) is 12.2. The summed E-state index contributed by atoms with van der Waals surface area (Å²) in [6, 6.07) is 5.13. The Balaban J connectivity index is 1.80. The van der Waals surface area contributed by atoms with Crippen molar-refractivity contribution < 1.29 is 9.50 Å². The Morgan fingerprint density at radius 3 is 2.40 bits per heavy atom. The lowest BCUT2D eigenvalue weighted by Gasteiger charge is -2.41. The van der Waals surface area contributed by atoms with Gasteiger partial charge < -0.3 is 10.0 Å². The Hall–Kier alpha value is -1.09. The van der Waals surface area contributed by atoms with E-state index in [4.69, 9.17) is 0 Å². The van der Waals surface area contributed by atoms with Crippen molar-refractivity contribution >= 4 is 5.69 Å². The van der Waals surface area contributed by atoms with Crippen molar-refractivity contribution in [2.45, 2.75) is 51.6 Å². The molecule has 1 unspecified atom stereocenters. The molecule has 110 valence electrons. The predicted molar refractivity (Wildman–Crippen MR) is 79.4 cm³/mol. The predicted octanol–water partition coefficient (Wildman–Crippen LogP) is 4.04. The maximum Gasteiger partial charge on any atom is 0.131 e. The van der Waals surface area contributed by atoms with Gasteiger partial charge in [-0.25, -0.2) is 4.39 Å². The molecule has 0 radical (unpaired) electrons. The second-order valence-corrected chi connectivity index (χ2v) is 6.54. The second-order valence-electron chi connectivity index (χ2n) is 6.54. The standard InChI is InChI=1S/C17H24FNO/c1-13(20)16-14(18)5-4-6-15(16)19-11-9-17(10-12-19)7-2-3-8-17/h4-6,13,20H,2-3,7-12H2,1H3. The number of halogens is 1. The third-order valence-electron chi connectivity index (χ3n) is 5.28. The number of rotatable bonds is 2. The molecule has 1 aliphatic heterocycles. The summed E-state index contributed by atoms with van der Waals surface area (Å²) in [5.41, 5.74) is 1.90. The minimum atomic E-state index is -0.756. The highest BCUT2D eigenvalue weighted by molar-refractivity contribution is 5.55. The van der Waals surface area contributed by atoms with Crippen molar-refractivity contribution in [2.24, 2.45) is 5.41 Å². The van der Waals surface area contributed by atoms with Gasteiger partial charge in [-0.2, -0.15) is 0 Å². The molecule has 3 rings (SSSR count). The fraction of sp³-hybridized carbons (Fsp3) is 0.647. The number of benzene rings is 1. The van der Waals surface area contributed by atoms with E-state index < -0.39 is 6.10 Å². The summed E-state index contributed by atoms with van der Waals surface area (Å²) in [5.74, 6) is -0.293. The van der Waals surface area contributed by atoms with Gasteiger partial charge in [0, 0.05) is 24.3 Å². The van der Waals surface area contributed by atoms with Crippen LogP contribution in [0.1, 0.15) is 57.1 Å². The fourth-order valence-corrected chi connectivity index (χ4v) is 4.06. The van der Waals surface area contributed by atoms with E-state index in [2.05, 4.69) is 4.90 Å². The van der Waals surface area contributed by atoms with Crippen molar-refractivity contribution in [3.8, 4) is 0 Å². The van der Waals surface area contributed by atoms with E-state index in [1.54, 1.807) is 13.0 Å². The Labute approximate surface area is 120 Å². The van der Waals surface area contributed by atoms with Crippen molar-refractivity contribution in [3.63, 3.8) is 0 Å². The lowest BCUT2D eigenvalue weighted by Crippen LogP contribution is -2.39. The van der Waals surface area contributed by atoms with Crippen molar-refractivity contribution in [1.82, 2.24) is 0 Å². The molecule has 2 aliphatic rings. The molecule has 20 heavy (non-hydrogen) atoms. The number of anilines is 1. The topological polar surface area (TPSA) is 23.5 Å². The van der Waals surface area contributed by atoms with Gasteiger partial charge in [0.1, 0.15) is 5.82 Å². The van der Waals surface area contributed by atoms with Crippen LogP contribution >= 0.6 is 0 Å². The lowest BCUT2D eigenvalue weighted by molar-refractivity contribution is 0.193. The average Bonchev–Trinajstić information content (AvgIpc) is 2.87. The summed E-state index contributed by atoms with van der Waals surface area (Å²) in [5, 5.41) is 9.85. The van der Waals surface area contributed by atoms with Crippen LogP contribution in [-0.4, -0.2) is 18.2 Å². The monoisotopic (exact) mass is 277 g/mol. The first kappa shape index (κ1) is 13.9. The molecule has 1 heterocycles. The Bertz CT molecular complexity index is 470. The number of aliphatic hydroxyl groups is 1. The van der Waals surface area contributed by atoms with Gasteiger partial charge in [-0.3, -0.25) is 0 Å². The van der Waals surface area contributed by atoms with E-state index in [0.717, 1.165) is 18.8 Å². The Kier molecular flexibility index (Phi) is 3.72. The number of piperidine rings is 1. The summed E-state index contributed by atoms with van der Waals surface area (Å²) in [4.78, 5) is 2.26. The van der Waals surface area contributed by atoms with Crippen LogP contribution < -0.4 is 4.90 Å². The van der Waals surface area contributed by atoms with Gasteiger partial charge in [-0.15, -0.1) is 0 Å². The molecule has 1 aromatic rings. The maximum atomic E-state index is 14.0. The van der Waals surface area contributed by atoms with Gasteiger partial charge in [0.25, 0.3) is 0 Å². The quantitative estimate of drug-likeness (QED) is 0.882. The van der Waals surface area contributed by atoms with Crippen LogP contribution in [0.4, 0.5) is 10.1 Å². The molecule has 1 saturated carbocycles. The third kappa shape index (κ3) is 2.44. The molecule has 2 nitrogen and oxygen atoms in total. The number of hydrogen-bond acceptors (Lipinski definition) is 2. The molecular weight excluding hydrogens is 253 g/mol. The molecule has 0 bridgehead atoms. The minimum absolute atomic E-state index is 0.293. The molecule has 1 aliphatic carbocycles. The molecule has 1 N–H and O–H groups in total. The van der Waals surface area contributed by atoms with E-state index in [-0.39, 0.29) is 5.82 Å². The highest BCUT2D eigenvalue weighted by Crippen LogP contribution is 2.47. The van der Waals surface area contributed by atoms with Gasteiger partial charge in [0.2, 0.25) is 0 Å². The number of hydrogen-bond donors (Lipinski definition) is 1. The zero-order valence-electron chi connectivity index (χ0n) is 12.2. The van der Waals surface area contributed by atoms with E-state index in [9.17, 15) is 9.50 Å². The van der Waals surface area contributed by atoms with E-state index in [0.29, 0.717) is 11.0 Å². The van der Waals surface area contributed by atoms with Crippen LogP contribution in [-0.2, 0) is 0 Å². The summed E-state index contributed by atoms with van der Waals surface area (Å²) >= 11 is 0. The molecule has 0 aromatic heterocycles. The first-order chi connectivity index (χ1) is 9.61. The Morgan fingerprint density at radius 1 is 1.15 bits per heavy atom. The first-order valence-electron chi connectivity index (χ1n) is 7.83. The first-order valence-corrected chi connectivity index (χ1v) is 7.83. The molecule has 1 saturated heterocycles. The molecule has 1 spiro atoms. The highest BCUT2D eigenvalue weighted by Gasteiger charge is 2.37. The minimum Gasteiger partial charge on any atom is -0.389 e. The van der Waals surface area contributed by atoms with Crippen LogP contribution in [0.2, 0.25) is 0 Å². The largest absolute Gasteiger partial charge is 0.389 e. The van der Waals surface area contributed by atoms with E-state index in [1.165, 1.54) is 44.6 Å². The third-order valence-corrected chi connectivity index (χ3v) is 5.28. The molecule has 2 fully saturated rings. The SMILES string of the molecule is CC(O)c1c(F)cccc1N1CCC2(CCCC2)CC1. The summed E-state index contributed by atoms with van der Waals surface area (Å²) in [7, 11) is 0. The number of nitrogens with zero attached hydrogens (tertiary/aromatic N) is 1. The van der Waals surface area contributed by atoms with Crippen LogP contribution in [0.5, 0.6) is 0 Å². The highest BCUT2D eigenvalue weighted by atomic mass is 19.1. The zero-order chi connectivity index (χ0) is 14.2. The van der Waals surface area contributed by atoms with Crippen molar-refractivity contribution in [2.75, 3.05) is 18.0 Å². The van der Waals surface area contributed by atoms with Gasteiger partial charge in [-0.05, 0) is 50.2 Å². The molecule has 3 heteroatoms. The Morgan fingerprint density at radius 2 is 1.80 bits per heavy atom. The summed E-state index contributed by atoms with van der Waals surface area (Å²) < 4.78 is 14.0. The summed E-state index contributed by atoms with van der Waals surface area (Å²) in [6.07, 6.45) is 7.15. The van der Waals surface area contributed by atoms with Gasteiger partial charge in [0.05, 0.1) is 6.10 Å². The molecule has 0 amide bonds. The number of aliphatic hydroxyl groups excluding tert-OH is 1. The smallest absolute Gasteiger partial charge is 0.131 e. The second kappa shape index (κ2) is 5.36.